The van der Waals surface area contributed by atoms with Gasteiger partial charge in [-0.3, -0.25) is 9.59 Å². The number of nitrogens with zero attached hydrogens (tertiary/aromatic N) is 2. The number of amides is 1. The summed E-state index contributed by atoms with van der Waals surface area (Å²) in [7, 11) is 0. The Hall–Kier alpha value is -2.01. The molecule has 1 amide bonds. The topological polar surface area (TPSA) is 50.3 Å². The Kier molecular flexibility index (Phi) is 3.37. The number of Topliss-reactive ketones (excluding diaryl/α,β-unsaturated/α-hetero) is 1. The summed E-state index contributed by atoms with van der Waals surface area (Å²) in [5.41, 5.74) is 6.11. The fraction of sp³-hybridized carbons (Fsp3) is 0.312. The third kappa shape index (κ3) is 2.27. The number of aryl methyl sites for hydroxylation is 3. The van der Waals surface area contributed by atoms with Crippen LogP contribution in [-0.4, -0.2) is 23.2 Å². The van der Waals surface area contributed by atoms with Gasteiger partial charge in [-0.2, -0.15) is 0 Å². The summed E-state index contributed by atoms with van der Waals surface area (Å²) in [6.45, 7) is 6.37. The van der Waals surface area contributed by atoms with Gasteiger partial charge in [0.1, 0.15) is 0 Å². The molecule has 2 aromatic rings. The predicted octanol–water partition coefficient (Wildman–Crippen LogP) is 2.84. The van der Waals surface area contributed by atoms with Crippen LogP contribution < -0.4 is 4.90 Å². The molecule has 1 aliphatic rings. The molecule has 4 nitrogen and oxygen atoms in total. The zero-order valence-electron chi connectivity index (χ0n) is 12.3. The van der Waals surface area contributed by atoms with Crippen LogP contribution in [0.3, 0.4) is 0 Å². The fourth-order valence-corrected chi connectivity index (χ4v) is 3.59. The van der Waals surface area contributed by atoms with Gasteiger partial charge in [0.25, 0.3) is 11.7 Å². The number of hydrogen-bond acceptors (Lipinski definition) is 4. The SMILES string of the molecule is Cc1cc(C)c2c(c1)C(=O)C(=O)N2CCc1scnc1C. The highest BCUT2D eigenvalue weighted by Crippen LogP contribution is 2.33. The number of fused-ring (bicyclic) bond motifs is 1. The van der Waals surface area contributed by atoms with Crippen molar-refractivity contribution in [2.45, 2.75) is 27.2 Å². The lowest BCUT2D eigenvalue weighted by atomic mass is 10.0. The highest BCUT2D eigenvalue weighted by atomic mass is 32.1. The molecule has 21 heavy (non-hydrogen) atoms. The van der Waals surface area contributed by atoms with E-state index in [1.54, 1.807) is 22.3 Å². The normalized spacial score (nSPS) is 14.0. The summed E-state index contributed by atoms with van der Waals surface area (Å²) in [5, 5.41) is 0. The number of rotatable bonds is 3. The number of hydrogen-bond donors (Lipinski definition) is 0. The predicted molar refractivity (Wildman–Crippen MR) is 83.2 cm³/mol. The first kappa shape index (κ1) is 13.9. The molecule has 3 rings (SSSR count). The van der Waals surface area contributed by atoms with Crippen molar-refractivity contribution in [1.82, 2.24) is 4.98 Å². The molecule has 0 radical (unpaired) electrons. The van der Waals surface area contributed by atoms with E-state index in [4.69, 9.17) is 0 Å². The highest BCUT2D eigenvalue weighted by Gasteiger charge is 2.36. The monoisotopic (exact) mass is 300 g/mol. The average molecular weight is 300 g/mol. The third-order valence-electron chi connectivity index (χ3n) is 3.81. The molecule has 0 atom stereocenters. The van der Waals surface area contributed by atoms with E-state index < -0.39 is 11.7 Å². The van der Waals surface area contributed by atoms with Gasteiger partial charge in [0, 0.05) is 17.8 Å². The Balaban J connectivity index is 1.93. The zero-order valence-corrected chi connectivity index (χ0v) is 13.1. The first-order valence-electron chi connectivity index (χ1n) is 6.85. The third-order valence-corrected chi connectivity index (χ3v) is 4.80. The molecular weight excluding hydrogens is 284 g/mol. The zero-order chi connectivity index (χ0) is 15.1. The minimum Gasteiger partial charge on any atom is -0.304 e. The standard InChI is InChI=1S/C16H16N2O2S/c1-9-6-10(2)14-12(7-9)15(19)16(20)18(14)5-4-13-11(3)17-8-21-13/h6-8H,4-5H2,1-3H3. The van der Waals surface area contributed by atoms with Crippen LogP contribution in [0.1, 0.15) is 32.1 Å². The molecule has 0 fully saturated rings. The van der Waals surface area contributed by atoms with E-state index in [0.717, 1.165) is 33.8 Å². The van der Waals surface area contributed by atoms with E-state index in [9.17, 15) is 9.59 Å². The van der Waals surface area contributed by atoms with Gasteiger partial charge in [0.15, 0.2) is 0 Å². The van der Waals surface area contributed by atoms with Crippen molar-refractivity contribution in [1.29, 1.82) is 0 Å². The minimum atomic E-state index is -0.416. The molecule has 1 aromatic carbocycles. The molecule has 1 aliphatic heterocycles. The van der Waals surface area contributed by atoms with E-state index in [2.05, 4.69) is 4.98 Å². The van der Waals surface area contributed by atoms with Crippen molar-refractivity contribution in [2.24, 2.45) is 0 Å². The van der Waals surface area contributed by atoms with Gasteiger partial charge in [0.05, 0.1) is 22.5 Å². The van der Waals surface area contributed by atoms with Gasteiger partial charge < -0.3 is 4.90 Å². The molecule has 108 valence electrons. The second-order valence-electron chi connectivity index (χ2n) is 5.37. The summed E-state index contributed by atoms with van der Waals surface area (Å²) in [6.07, 6.45) is 0.724. The van der Waals surface area contributed by atoms with Crippen LogP contribution in [0.5, 0.6) is 0 Å². The summed E-state index contributed by atoms with van der Waals surface area (Å²) >= 11 is 1.59. The van der Waals surface area contributed by atoms with E-state index in [-0.39, 0.29) is 0 Å². The van der Waals surface area contributed by atoms with Crippen LogP contribution in [0.2, 0.25) is 0 Å². The van der Waals surface area contributed by atoms with Crippen LogP contribution >= 0.6 is 11.3 Å². The lowest BCUT2D eigenvalue weighted by molar-refractivity contribution is -0.114. The number of aromatic nitrogens is 1. The van der Waals surface area contributed by atoms with Crippen molar-refractivity contribution in [2.75, 3.05) is 11.4 Å². The number of carbonyl (C=O) groups is 2. The highest BCUT2D eigenvalue weighted by molar-refractivity contribution is 7.09. The van der Waals surface area contributed by atoms with Gasteiger partial charge in [-0.05, 0) is 38.0 Å². The fourth-order valence-electron chi connectivity index (χ4n) is 2.82. The number of anilines is 1. The van der Waals surface area contributed by atoms with Crippen molar-refractivity contribution in [3.8, 4) is 0 Å². The number of carbonyl (C=O) groups excluding carboxylic acids is 2. The maximum atomic E-state index is 12.2. The lowest BCUT2D eigenvalue weighted by Crippen LogP contribution is -2.32. The number of thiazole rings is 1. The van der Waals surface area contributed by atoms with Crippen LogP contribution in [-0.2, 0) is 11.2 Å². The summed E-state index contributed by atoms with van der Waals surface area (Å²) < 4.78 is 0. The van der Waals surface area contributed by atoms with E-state index in [1.807, 2.05) is 32.3 Å². The van der Waals surface area contributed by atoms with Gasteiger partial charge in [0.2, 0.25) is 0 Å². The Morgan fingerprint density at radius 3 is 2.62 bits per heavy atom. The van der Waals surface area contributed by atoms with Gasteiger partial charge in [-0.15, -0.1) is 11.3 Å². The second-order valence-corrected chi connectivity index (χ2v) is 6.31. The second kappa shape index (κ2) is 5.07. The van der Waals surface area contributed by atoms with Crippen molar-refractivity contribution >= 4 is 28.7 Å². The molecule has 5 heteroatoms. The van der Waals surface area contributed by atoms with E-state index in [1.165, 1.54) is 0 Å². The lowest BCUT2D eigenvalue weighted by Gasteiger charge is -2.18. The first-order chi connectivity index (χ1) is 9.99. The number of benzene rings is 1. The Morgan fingerprint density at radius 2 is 1.95 bits per heavy atom. The van der Waals surface area contributed by atoms with E-state index in [0.29, 0.717) is 12.1 Å². The summed E-state index contributed by atoms with van der Waals surface area (Å²) in [6, 6.07) is 3.82. The van der Waals surface area contributed by atoms with Crippen LogP contribution in [0.4, 0.5) is 5.69 Å². The largest absolute Gasteiger partial charge is 0.304 e. The van der Waals surface area contributed by atoms with Gasteiger partial charge >= 0.3 is 0 Å². The summed E-state index contributed by atoms with van der Waals surface area (Å²) in [5.74, 6) is -0.807. The first-order valence-corrected chi connectivity index (χ1v) is 7.73. The average Bonchev–Trinajstić information content (AvgIpc) is 2.93. The maximum Gasteiger partial charge on any atom is 0.299 e. The van der Waals surface area contributed by atoms with Crippen molar-refractivity contribution in [3.05, 3.63) is 44.9 Å². The Labute approximate surface area is 127 Å². The summed E-state index contributed by atoms with van der Waals surface area (Å²) in [4.78, 5) is 31.4. The Morgan fingerprint density at radius 1 is 1.19 bits per heavy atom. The van der Waals surface area contributed by atoms with Crippen LogP contribution in [0.15, 0.2) is 17.6 Å². The minimum absolute atomic E-state index is 0.391. The van der Waals surface area contributed by atoms with Crippen molar-refractivity contribution < 1.29 is 9.59 Å². The maximum absolute atomic E-state index is 12.2. The van der Waals surface area contributed by atoms with Crippen LogP contribution in [0, 0.1) is 20.8 Å². The smallest absolute Gasteiger partial charge is 0.299 e. The molecule has 0 saturated heterocycles. The molecule has 0 aliphatic carbocycles. The van der Waals surface area contributed by atoms with Gasteiger partial charge in [-0.25, -0.2) is 4.98 Å². The Bertz CT molecular complexity index is 749. The molecule has 0 spiro atoms. The van der Waals surface area contributed by atoms with Gasteiger partial charge in [-0.1, -0.05) is 6.07 Å². The molecule has 0 N–H and O–H groups in total. The molecule has 2 heterocycles. The van der Waals surface area contributed by atoms with Crippen LogP contribution in [0.25, 0.3) is 0 Å². The number of ketones is 1. The quantitative estimate of drug-likeness (QED) is 0.819. The molecule has 0 bridgehead atoms. The van der Waals surface area contributed by atoms with Crippen molar-refractivity contribution in [3.63, 3.8) is 0 Å². The molecule has 1 aromatic heterocycles. The molecule has 0 unspecified atom stereocenters. The molecular formula is C16H16N2O2S. The van der Waals surface area contributed by atoms with E-state index >= 15 is 0 Å². The molecule has 0 saturated carbocycles.